The maximum atomic E-state index is 10.3. The van der Waals surface area contributed by atoms with Crippen molar-refractivity contribution in [3.8, 4) is 44.8 Å². The summed E-state index contributed by atoms with van der Waals surface area (Å²) < 4.78 is 1.87. The standard InChI is InChI=1S/C29H16N4O2S2/c30-15-29(16-31,19-5-11-25-23(13-19)32-27(36-25)17-1-7-21(34)8-2-17)20-6-12-26-24(14-20)33-28(37-26)18-3-9-22(35)10-4-18/h1-14,34-35H. The van der Waals surface area contributed by atoms with Crippen LogP contribution in [0.4, 0.5) is 0 Å². The molecule has 0 aliphatic rings. The molecule has 6 rings (SSSR count). The zero-order valence-corrected chi connectivity index (χ0v) is 20.7. The molecule has 0 spiro atoms. The summed E-state index contributed by atoms with van der Waals surface area (Å²) in [5.74, 6) is 0.375. The third kappa shape index (κ3) is 3.85. The molecule has 0 unspecified atom stereocenters. The Morgan fingerprint density at radius 3 is 1.38 bits per heavy atom. The first-order chi connectivity index (χ1) is 18.0. The van der Waals surface area contributed by atoms with Crippen molar-refractivity contribution in [2.45, 2.75) is 5.41 Å². The molecule has 6 aromatic rings. The van der Waals surface area contributed by atoms with Gasteiger partial charge in [0.05, 0.1) is 32.6 Å². The number of nitrogens with zero attached hydrogens (tertiary/aromatic N) is 4. The minimum absolute atomic E-state index is 0.187. The van der Waals surface area contributed by atoms with Gasteiger partial charge in [0.2, 0.25) is 0 Å². The lowest BCUT2D eigenvalue weighted by molar-refractivity contribution is 0.475. The SMILES string of the molecule is N#CC(C#N)(c1ccc2sc(-c3ccc(O)cc3)nc2c1)c1ccc2sc(-c3ccc(O)cc3)nc2c1. The van der Waals surface area contributed by atoms with Gasteiger partial charge in [-0.25, -0.2) is 9.97 Å². The number of fused-ring (bicyclic) bond motifs is 2. The fourth-order valence-corrected chi connectivity index (χ4v) is 6.13. The normalized spacial score (nSPS) is 11.4. The van der Waals surface area contributed by atoms with Gasteiger partial charge in [0, 0.05) is 11.1 Å². The van der Waals surface area contributed by atoms with Crippen molar-refractivity contribution in [2.75, 3.05) is 0 Å². The molecule has 0 radical (unpaired) electrons. The van der Waals surface area contributed by atoms with Crippen LogP contribution in [0.3, 0.4) is 0 Å². The molecule has 2 heterocycles. The number of aromatic hydroxyl groups is 2. The van der Waals surface area contributed by atoms with E-state index in [1.54, 1.807) is 72.8 Å². The number of phenolic OH excluding ortho intramolecular Hbond substituents is 2. The number of nitriles is 2. The van der Waals surface area contributed by atoms with Crippen molar-refractivity contribution in [1.82, 2.24) is 9.97 Å². The fraction of sp³-hybridized carbons (Fsp3) is 0.0345. The summed E-state index contributed by atoms with van der Waals surface area (Å²) >= 11 is 3.01. The van der Waals surface area contributed by atoms with Gasteiger partial charge in [-0.1, -0.05) is 12.1 Å². The van der Waals surface area contributed by atoms with Gasteiger partial charge in [0.15, 0.2) is 5.41 Å². The van der Waals surface area contributed by atoms with Crippen molar-refractivity contribution in [3.05, 3.63) is 96.1 Å². The number of hydrogen-bond acceptors (Lipinski definition) is 8. The highest BCUT2D eigenvalue weighted by Crippen LogP contribution is 2.39. The van der Waals surface area contributed by atoms with Gasteiger partial charge in [0.1, 0.15) is 21.5 Å². The summed E-state index contributed by atoms with van der Waals surface area (Å²) in [6.45, 7) is 0. The Morgan fingerprint density at radius 2 is 1.00 bits per heavy atom. The number of phenols is 2. The third-order valence-electron chi connectivity index (χ3n) is 6.21. The van der Waals surface area contributed by atoms with E-state index in [2.05, 4.69) is 12.1 Å². The van der Waals surface area contributed by atoms with Gasteiger partial charge >= 0.3 is 0 Å². The number of hydrogen-bond donors (Lipinski definition) is 2. The van der Waals surface area contributed by atoms with Crippen LogP contribution in [0.1, 0.15) is 11.1 Å². The Morgan fingerprint density at radius 1 is 0.595 bits per heavy atom. The molecule has 0 saturated heterocycles. The maximum absolute atomic E-state index is 10.3. The molecule has 0 aliphatic carbocycles. The molecule has 0 amide bonds. The summed E-state index contributed by atoms with van der Waals surface area (Å²) in [5, 5.41) is 41.3. The van der Waals surface area contributed by atoms with E-state index in [1.165, 1.54) is 22.7 Å². The molecular weight excluding hydrogens is 500 g/mol. The topological polar surface area (TPSA) is 114 Å². The molecule has 0 bridgehead atoms. The van der Waals surface area contributed by atoms with Crippen LogP contribution < -0.4 is 0 Å². The number of thiazole rings is 2. The van der Waals surface area contributed by atoms with Crippen LogP contribution in [-0.4, -0.2) is 20.2 Å². The van der Waals surface area contributed by atoms with Crippen LogP contribution in [0.2, 0.25) is 0 Å². The minimum Gasteiger partial charge on any atom is -0.508 e. The van der Waals surface area contributed by atoms with Crippen molar-refractivity contribution < 1.29 is 10.2 Å². The van der Waals surface area contributed by atoms with Gasteiger partial charge in [-0.05, 0) is 83.9 Å². The highest BCUT2D eigenvalue weighted by molar-refractivity contribution is 7.22. The number of aromatic nitrogens is 2. The smallest absolute Gasteiger partial charge is 0.193 e. The summed E-state index contributed by atoms with van der Waals surface area (Å²) in [4.78, 5) is 9.46. The van der Waals surface area contributed by atoms with Crippen LogP contribution >= 0.6 is 22.7 Å². The van der Waals surface area contributed by atoms with Gasteiger partial charge in [-0.2, -0.15) is 10.5 Å². The van der Waals surface area contributed by atoms with E-state index in [0.29, 0.717) is 22.2 Å². The molecule has 8 heteroatoms. The van der Waals surface area contributed by atoms with E-state index in [-0.39, 0.29) is 11.5 Å². The average Bonchev–Trinajstić information content (AvgIpc) is 3.54. The van der Waals surface area contributed by atoms with E-state index in [9.17, 15) is 20.7 Å². The molecule has 2 N–H and O–H groups in total. The molecule has 6 nitrogen and oxygen atoms in total. The second kappa shape index (κ2) is 8.72. The molecule has 4 aromatic carbocycles. The fourth-order valence-electron chi connectivity index (χ4n) is 4.23. The highest BCUT2D eigenvalue weighted by Gasteiger charge is 2.36. The predicted molar refractivity (Wildman–Crippen MR) is 145 cm³/mol. The van der Waals surface area contributed by atoms with Gasteiger partial charge < -0.3 is 10.2 Å². The minimum atomic E-state index is -1.53. The molecule has 2 aromatic heterocycles. The van der Waals surface area contributed by atoms with Crippen molar-refractivity contribution >= 4 is 43.1 Å². The summed E-state index contributed by atoms with van der Waals surface area (Å²) in [7, 11) is 0. The van der Waals surface area contributed by atoms with Gasteiger partial charge in [-0.3, -0.25) is 0 Å². The summed E-state index contributed by atoms with van der Waals surface area (Å²) in [6, 6.07) is 29.2. The lowest BCUT2D eigenvalue weighted by Gasteiger charge is -2.19. The van der Waals surface area contributed by atoms with E-state index < -0.39 is 5.41 Å². The quantitative estimate of drug-likeness (QED) is 0.261. The van der Waals surface area contributed by atoms with Gasteiger partial charge in [-0.15, -0.1) is 22.7 Å². The van der Waals surface area contributed by atoms with Crippen molar-refractivity contribution in [2.24, 2.45) is 0 Å². The van der Waals surface area contributed by atoms with E-state index in [4.69, 9.17) is 9.97 Å². The second-order valence-electron chi connectivity index (χ2n) is 8.47. The lowest BCUT2D eigenvalue weighted by Crippen LogP contribution is -2.23. The summed E-state index contributed by atoms with van der Waals surface area (Å²) in [5.41, 5.74) is 2.71. The largest absolute Gasteiger partial charge is 0.508 e. The maximum Gasteiger partial charge on any atom is 0.193 e. The number of benzene rings is 4. The van der Waals surface area contributed by atoms with E-state index in [0.717, 1.165) is 30.5 Å². The Hall–Kier alpha value is -4.76. The average molecular weight is 517 g/mol. The molecule has 37 heavy (non-hydrogen) atoms. The Balaban J connectivity index is 1.43. The monoisotopic (exact) mass is 516 g/mol. The van der Waals surface area contributed by atoms with Crippen LogP contribution in [0.5, 0.6) is 11.5 Å². The molecule has 0 aliphatic heterocycles. The van der Waals surface area contributed by atoms with Crippen LogP contribution in [0.25, 0.3) is 41.6 Å². The molecule has 0 atom stereocenters. The Labute approximate surface area is 219 Å². The van der Waals surface area contributed by atoms with Gasteiger partial charge in [0.25, 0.3) is 0 Å². The van der Waals surface area contributed by atoms with E-state index in [1.807, 2.05) is 12.1 Å². The van der Waals surface area contributed by atoms with Crippen LogP contribution in [0, 0.1) is 22.7 Å². The number of rotatable bonds is 4. The molecular formula is C29H16N4O2S2. The molecule has 0 fully saturated rings. The van der Waals surface area contributed by atoms with Crippen molar-refractivity contribution in [1.29, 1.82) is 10.5 Å². The Bertz CT molecular complexity index is 1740. The Kier molecular flexibility index (Phi) is 5.35. The zero-order chi connectivity index (χ0) is 25.6. The first kappa shape index (κ1) is 22.7. The zero-order valence-electron chi connectivity index (χ0n) is 19.1. The highest BCUT2D eigenvalue weighted by atomic mass is 32.1. The van der Waals surface area contributed by atoms with E-state index >= 15 is 0 Å². The van der Waals surface area contributed by atoms with Crippen LogP contribution in [0.15, 0.2) is 84.9 Å². The predicted octanol–water partition coefficient (Wildman–Crippen LogP) is 6.98. The second-order valence-corrected chi connectivity index (χ2v) is 10.5. The first-order valence-electron chi connectivity index (χ1n) is 11.2. The molecule has 0 saturated carbocycles. The third-order valence-corrected chi connectivity index (χ3v) is 8.38. The summed E-state index contributed by atoms with van der Waals surface area (Å²) in [6.07, 6.45) is 0. The molecule has 176 valence electrons. The lowest BCUT2D eigenvalue weighted by atomic mass is 9.77. The first-order valence-corrected chi connectivity index (χ1v) is 12.9. The van der Waals surface area contributed by atoms with Crippen molar-refractivity contribution in [3.63, 3.8) is 0 Å². The van der Waals surface area contributed by atoms with Crippen LogP contribution in [-0.2, 0) is 5.41 Å².